The van der Waals surface area contributed by atoms with Gasteiger partial charge in [0.25, 0.3) is 0 Å². The van der Waals surface area contributed by atoms with Crippen LogP contribution in [-0.2, 0) is 0 Å². The molecule has 3 nitrogen and oxygen atoms in total. The van der Waals surface area contributed by atoms with Gasteiger partial charge in [0.2, 0.25) is 0 Å². The van der Waals surface area contributed by atoms with Crippen LogP contribution in [0.25, 0.3) is 10.6 Å². The van der Waals surface area contributed by atoms with Gasteiger partial charge in [-0.3, -0.25) is 0 Å². The molecule has 0 saturated heterocycles. The summed E-state index contributed by atoms with van der Waals surface area (Å²) in [4.78, 5) is 4.29. The molecule has 1 heterocycles. The van der Waals surface area contributed by atoms with Gasteiger partial charge in [0.05, 0.1) is 24.2 Å². The van der Waals surface area contributed by atoms with E-state index in [4.69, 9.17) is 9.47 Å². The van der Waals surface area contributed by atoms with Crippen molar-refractivity contribution in [2.45, 2.75) is 0 Å². The molecule has 84 valence electrons. The second-order valence-electron chi connectivity index (χ2n) is 3.04. The molecule has 1 aromatic heterocycles. The summed E-state index contributed by atoms with van der Waals surface area (Å²) < 4.78 is 11.4. The van der Waals surface area contributed by atoms with Crippen molar-refractivity contribution in [1.82, 2.24) is 4.98 Å². The summed E-state index contributed by atoms with van der Waals surface area (Å²) in [6.45, 7) is 0. The molecule has 16 heavy (non-hydrogen) atoms. The molecule has 0 amide bonds. The van der Waals surface area contributed by atoms with E-state index in [1.54, 1.807) is 31.8 Å². The molecule has 5 heteroatoms. The van der Waals surface area contributed by atoms with E-state index in [0.717, 1.165) is 20.1 Å². The number of thiazole rings is 1. The lowest BCUT2D eigenvalue weighted by molar-refractivity contribution is 0.355. The van der Waals surface area contributed by atoms with E-state index in [2.05, 4.69) is 20.9 Å². The van der Waals surface area contributed by atoms with E-state index in [1.165, 1.54) is 0 Å². The van der Waals surface area contributed by atoms with Gasteiger partial charge in [-0.1, -0.05) is 0 Å². The van der Waals surface area contributed by atoms with Crippen molar-refractivity contribution >= 4 is 27.3 Å². The number of halogens is 1. The fourth-order valence-electron chi connectivity index (χ4n) is 1.36. The lowest BCUT2D eigenvalue weighted by atomic mass is 10.2. The molecule has 2 aromatic rings. The van der Waals surface area contributed by atoms with Gasteiger partial charge in [-0.15, -0.1) is 11.3 Å². The number of hydrogen-bond donors (Lipinski definition) is 0. The zero-order valence-electron chi connectivity index (χ0n) is 8.86. The highest BCUT2D eigenvalue weighted by Crippen LogP contribution is 2.34. The maximum atomic E-state index is 5.25. The van der Waals surface area contributed by atoms with Crippen LogP contribution in [0.3, 0.4) is 0 Å². The number of ether oxygens (including phenoxy) is 2. The summed E-state index contributed by atoms with van der Waals surface area (Å²) in [5.74, 6) is 1.44. The molecule has 0 N–H and O–H groups in total. The summed E-state index contributed by atoms with van der Waals surface area (Å²) >= 11 is 4.98. The molecule has 0 radical (unpaired) electrons. The quantitative estimate of drug-likeness (QED) is 0.868. The first-order valence-electron chi connectivity index (χ1n) is 4.58. The van der Waals surface area contributed by atoms with Crippen molar-refractivity contribution in [2.75, 3.05) is 14.2 Å². The number of hydrogen-bond acceptors (Lipinski definition) is 4. The van der Waals surface area contributed by atoms with E-state index in [9.17, 15) is 0 Å². The Morgan fingerprint density at radius 2 is 1.94 bits per heavy atom. The van der Waals surface area contributed by atoms with Crippen LogP contribution in [0.5, 0.6) is 11.5 Å². The summed E-state index contributed by atoms with van der Waals surface area (Å²) in [6, 6.07) is 5.76. The molecule has 2 rings (SSSR count). The molecular weight excluding hydrogens is 290 g/mol. The Bertz CT molecular complexity index is 498. The van der Waals surface area contributed by atoms with Gasteiger partial charge in [0.15, 0.2) is 11.5 Å². The van der Waals surface area contributed by atoms with Crippen molar-refractivity contribution in [3.8, 4) is 22.1 Å². The molecule has 0 bridgehead atoms. The molecular formula is C11H10BrNO2S. The first kappa shape index (κ1) is 11.4. The van der Waals surface area contributed by atoms with E-state index in [0.29, 0.717) is 5.75 Å². The van der Waals surface area contributed by atoms with Crippen LogP contribution in [0.4, 0.5) is 0 Å². The highest BCUT2D eigenvalue weighted by atomic mass is 79.9. The van der Waals surface area contributed by atoms with Gasteiger partial charge in [-0.25, -0.2) is 4.98 Å². The maximum Gasteiger partial charge on any atom is 0.161 e. The number of rotatable bonds is 3. The first-order valence-corrected chi connectivity index (χ1v) is 6.19. The minimum atomic E-state index is 0.714. The van der Waals surface area contributed by atoms with E-state index >= 15 is 0 Å². The molecule has 0 atom stereocenters. The topological polar surface area (TPSA) is 31.4 Å². The highest BCUT2D eigenvalue weighted by Gasteiger charge is 2.08. The maximum absolute atomic E-state index is 5.25. The monoisotopic (exact) mass is 299 g/mol. The molecule has 0 saturated carbocycles. The van der Waals surface area contributed by atoms with Crippen molar-refractivity contribution in [1.29, 1.82) is 0 Å². The van der Waals surface area contributed by atoms with Gasteiger partial charge >= 0.3 is 0 Å². The number of methoxy groups -OCH3 is 2. The number of aromatic nitrogens is 1. The Balaban J connectivity index is 2.43. The molecule has 1 aromatic carbocycles. The molecule has 0 aliphatic rings. The SMILES string of the molecule is COc1ccc(-c2ncc(Br)s2)cc1OC. The van der Waals surface area contributed by atoms with Gasteiger partial charge in [0, 0.05) is 5.56 Å². The molecule has 0 aliphatic heterocycles. The van der Waals surface area contributed by atoms with Crippen molar-refractivity contribution in [3.63, 3.8) is 0 Å². The predicted octanol–water partition coefficient (Wildman–Crippen LogP) is 3.59. The standard InChI is InChI=1S/C11H10BrNO2S/c1-14-8-4-3-7(5-9(8)15-2)11-13-6-10(12)16-11/h3-6H,1-2H3. The number of benzene rings is 1. The van der Waals surface area contributed by atoms with Crippen molar-refractivity contribution in [2.24, 2.45) is 0 Å². The molecule has 0 fully saturated rings. The van der Waals surface area contributed by atoms with Crippen LogP contribution in [0.15, 0.2) is 28.2 Å². The Labute approximate surface area is 106 Å². The second-order valence-corrected chi connectivity index (χ2v) is 5.45. The fraction of sp³-hybridized carbons (Fsp3) is 0.182. The molecule has 0 aliphatic carbocycles. The normalized spacial score (nSPS) is 10.2. The summed E-state index contributed by atoms with van der Waals surface area (Å²) in [5.41, 5.74) is 1.02. The van der Waals surface area contributed by atoms with Crippen LogP contribution in [0, 0.1) is 0 Å². The average Bonchev–Trinajstić information content (AvgIpc) is 2.75. The summed E-state index contributed by atoms with van der Waals surface area (Å²) in [5, 5.41) is 0.952. The van der Waals surface area contributed by atoms with Gasteiger partial charge in [-0.2, -0.15) is 0 Å². The van der Waals surface area contributed by atoms with Crippen LogP contribution in [0.2, 0.25) is 0 Å². The third-order valence-corrected chi connectivity index (χ3v) is 3.63. The van der Waals surface area contributed by atoms with Gasteiger partial charge < -0.3 is 9.47 Å². The van der Waals surface area contributed by atoms with Crippen molar-refractivity contribution in [3.05, 3.63) is 28.2 Å². The third-order valence-electron chi connectivity index (χ3n) is 2.11. The van der Waals surface area contributed by atoms with E-state index in [-0.39, 0.29) is 0 Å². The Hall–Kier alpha value is -1.07. The summed E-state index contributed by atoms with van der Waals surface area (Å²) in [6.07, 6.45) is 1.79. The lowest BCUT2D eigenvalue weighted by Crippen LogP contribution is -1.90. The lowest BCUT2D eigenvalue weighted by Gasteiger charge is -2.07. The van der Waals surface area contributed by atoms with E-state index in [1.807, 2.05) is 18.2 Å². The fourth-order valence-corrected chi connectivity index (χ4v) is 2.56. The largest absolute Gasteiger partial charge is 0.493 e. The third kappa shape index (κ3) is 2.20. The van der Waals surface area contributed by atoms with Gasteiger partial charge in [0.1, 0.15) is 5.01 Å². The zero-order valence-corrected chi connectivity index (χ0v) is 11.3. The molecule has 0 unspecified atom stereocenters. The van der Waals surface area contributed by atoms with E-state index < -0.39 is 0 Å². The number of nitrogens with zero attached hydrogens (tertiary/aromatic N) is 1. The Morgan fingerprint density at radius 3 is 2.50 bits per heavy atom. The predicted molar refractivity (Wildman–Crippen MR) is 68.4 cm³/mol. The van der Waals surface area contributed by atoms with Crippen LogP contribution >= 0.6 is 27.3 Å². The highest BCUT2D eigenvalue weighted by molar-refractivity contribution is 9.11. The van der Waals surface area contributed by atoms with Crippen LogP contribution < -0.4 is 9.47 Å². The summed E-state index contributed by atoms with van der Waals surface area (Å²) in [7, 11) is 3.25. The Kier molecular flexibility index (Phi) is 3.46. The molecule has 0 spiro atoms. The van der Waals surface area contributed by atoms with Crippen LogP contribution in [-0.4, -0.2) is 19.2 Å². The smallest absolute Gasteiger partial charge is 0.161 e. The van der Waals surface area contributed by atoms with Crippen molar-refractivity contribution < 1.29 is 9.47 Å². The second kappa shape index (κ2) is 4.84. The minimum absolute atomic E-state index is 0.714. The van der Waals surface area contributed by atoms with Crippen LogP contribution in [0.1, 0.15) is 0 Å². The first-order chi connectivity index (χ1) is 7.74. The minimum Gasteiger partial charge on any atom is -0.493 e. The zero-order chi connectivity index (χ0) is 11.5. The van der Waals surface area contributed by atoms with Gasteiger partial charge in [-0.05, 0) is 34.1 Å². The average molecular weight is 300 g/mol. The Morgan fingerprint density at radius 1 is 1.19 bits per heavy atom.